The molecule has 0 fully saturated rings. The summed E-state index contributed by atoms with van der Waals surface area (Å²) in [5, 5.41) is 0.701. The van der Waals surface area contributed by atoms with Crippen molar-refractivity contribution in [2.45, 2.75) is 0 Å². The van der Waals surface area contributed by atoms with Gasteiger partial charge in [0, 0.05) is 5.56 Å². The molecule has 92 valence electrons. The highest BCUT2D eigenvalue weighted by molar-refractivity contribution is 6.41. The Hall–Kier alpha value is -1.51. The number of hydrogen-bond acceptors (Lipinski definition) is 2. The molecule has 0 aliphatic heterocycles. The number of ether oxygens (including phenoxy) is 1. The Labute approximate surface area is 115 Å². The second-order valence-corrected chi connectivity index (χ2v) is 4.47. The van der Waals surface area contributed by atoms with Crippen molar-refractivity contribution in [2.24, 2.45) is 0 Å². The summed E-state index contributed by atoms with van der Waals surface area (Å²) >= 11 is 12.0. The highest BCUT2D eigenvalue weighted by Crippen LogP contribution is 2.27. The molecule has 2 aromatic carbocycles. The Morgan fingerprint density at radius 2 is 1.56 bits per heavy atom. The van der Waals surface area contributed by atoms with Crippen LogP contribution in [0.2, 0.25) is 10.0 Å². The fraction of sp³-hybridized carbons (Fsp3) is 0.0714. The van der Waals surface area contributed by atoms with Crippen LogP contribution < -0.4 is 4.74 Å². The van der Waals surface area contributed by atoms with Gasteiger partial charge in [-0.15, -0.1) is 0 Å². The molecule has 0 spiro atoms. The van der Waals surface area contributed by atoms with Gasteiger partial charge in [0.05, 0.1) is 22.7 Å². The molecule has 0 saturated heterocycles. The number of methoxy groups -OCH3 is 1. The molecule has 0 heterocycles. The van der Waals surface area contributed by atoms with Crippen LogP contribution in [0.4, 0.5) is 0 Å². The molecule has 0 aromatic heterocycles. The molecule has 4 heteroatoms. The van der Waals surface area contributed by atoms with Gasteiger partial charge >= 0.3 is 0 Å². The topological polar surface area (TPSA) is 26.3 Å². The van der Waals surface area contributed by atoms with Gasteiger partial charge in [-0.25, -0.2) is 0 Å². The summed E-state index contributed by atoms with van der Waals surface area (Å²) in [6.45, 7) is 0. The third kappa shape index (κ3) is 2.50. The van der Waals surface area contributed by atoms with Gasteiger partial charge in [0.1, 0.15) is 5.75 Å². The summed E-state index contributed by atoms with van der Waals surface area (Å²) in [6.07, 6.45) is 0. The number of hydrogen-bond donors (Lipinski definition) is 0. The Kier molecular flexibility index (Phi) is 3.90. The zero-order valence-corrected chi connectivity index (χ0v) is 11.1. The van der Waals surface area contributed by atoms with Crippen molar-refractivity contribution < 1.29 is 9.53 Å². The summed E-state index contributed by atoms with van der Waals surface area (Å²) in [5.74, 6) is 0.491. The molecule has 0 saturated carbocycles. The van der Waals surface area contributed by atoms with Gasteiger partial charge in [-0.05, 0) is 36.4 Å². The van der Waals surface area contributed by atoms with E-state index in [0.717, 1.165) is 0 Å². The number of carbonyl (C=O) groups is 1. The van der Waals surface area contributed by atoms with Crippen molar-refractivity contribution in [3.8, 4) is 5.75 Å². The second-order valence-electron chi connectivity index (χ2n) is 3.65. The van der Waals surface area contributed by atoms with Gasteiger partial charge in [0.2, 0.25) is 0 Å². The molecule has 0 atom stereocenters. The van der Waals surface area contributed by atoms with Crippen molar-refractivity contribution in [3.05, 3.63) is 63.6 Å². The van der Waals surface area contributed by atoms with E-state index in [1.807, 2.05) is 0 Å². The maximum atomic E-state index is 12.3. The number of carbonyl (C=O) groups excluding carboxylic acids is 1. The van der Waals surface area contributed by atoms with E-state index in [2.05, 4.69) is 0 Å². The third-order valence-electron chi connectivity index (χ3n) is 2.54. The average molecular weight is 281 g/mol. The van der Waals surface area contributed by atoms with E-state index in [1.165, 1.54) is 0 Å². The minimum atomic E-state index is -0.201. The molecule has 2 nitrogen and oxygen atoms in total. The second kappa shape index (κ2) is 5.42. The van der Waals surface area contributed by atoms with Crippen LogP contribution in [0, 0.1) is 0 Å². The lowest BCUT2D eigenvalue weighted by Crippen LogP contribution is -2.03. The van der Waals surface area contributed by atoms with E-state index in [1.54, 1.807) is 49.6 Å². The van der Waals surface area contributed by atoms with Gasteiger partial charge in [0.15, 0.2) is 5.78 Å². The molecular weight excluding hydrogens is 271 g/mol. The quantitative estimate of drug-likeness (QED) is 0.787. The normalized spacial score (nSPS) is 10.2. The third-order valence-corrected chi connectivity index (χ3v) is 3.17. The summed E-state index contributed by atoms with van der Waals surface area (Å²) in [6, 6.07) is 11.8. The monoisotopic (exact) mass is 280 g/mol. The smallest absolute Gasteiger partial charge is 0.196 e. The van der Waals surface area contributed by atoms with Gasteiger partial charge in [0.25, 0.3) is 0 Å². The first kappa shape index (κ1) is 12.9. The minimum Gasteiger partial charge on any atom is -0.497 e. The number of rotatable bonds is 3. The Morgan fingerprint density at radius 1 is 1.00 bits per heavy atom. The zero-order valence-electron chi connectivity index (χ0n) is 9.61. The van der Waals surface area contributed by atoms with Crippen molar-refractivity contribution in [1.29, 1.82) is 0 Å². The summed E-state index contributed by atoms with van der Waals surface area (Å²) < 4.78 is 5.04. The molecule has 2 rings (SSSR count). The molecule has 0 bridgehead atoms. The lowest BCUT2D eigenvalue weighted by molar-refractivity contribution is 0.103. The van der Waals surface area contributed by atoms with E-state index in [-0.39, 0.29) is 5.78 Å². The fourth-order valence-electron chi connectivity index (χ4n) is 1.60. The molecular formula is C14H10Cl2O2. The largest absolute Gasteiger partial charge is 0.497 e. The molecule has 0 aliphatic rings. The van der Waals surface area contributed by atoms with Crippen LogP contribution in [0.25, 0.3) is 0 Å². The van der Waals surface area contributed by atoms with E-state index >= 15 is 0 Å². The molecule has 18 heavy (non-hydrogen) atoms. The van der Waals surface area contributed by atoms with Crippen molar-refractivity contribution in [3.63, 3.8) is 0 Å². The molecule has 2 aromatic rings. The first-order valence-electron chi connectivity index (χ1n) is 5.26. The van der Waals surface area contributed by atoms with Crippen LogP contribution in [-0.2, 0) is 0 Å². The maximum absolute atomic E-state index is 12.3. The van der Waals surface area contributed by atoms with Crippen LogP contribution in [0.3, 0.4) is 0 Å². The summed E-state index contributed by atoms with van der Waals surface area (Å²) in [4.78, 5) is 12.3. The predicted octanol–water partition coefficient (Wildman–Crippen LogP) is 4.23. The van der Waals surface area contributed by atoms with Crippen LogP contribution >= 0.6 is 23.2 Å². The highest BCUT2D eigenvalue weighted by atomic mass is 35.5. The molecule has 0 unspecified atom stereocenters. The first-order chi connectivity index (χ1) is 8.63. The number of benzene rings is 2. The fourth-order valence-corrected chi connectivity index (χ4v) is 2.17. The van der Waals surface area contributed by atoms with Crippen molar-refractivity contribution in [1.82, 2.24) is 0 Å². The molecule has 0 N–H and O–H groups in total. The Morgan fingerprint density at radius 3 is 2.06 bits per heavy atom. The van der Waals surface area contributed by atoms with Gasteiger partial charge < -0.3 is 4.74 Å². The van der Waals surface area contributed by atoms with E-state index in [0.29, 0.717) is 26.9 Å². The molecule has 0 aliphatic carbocycles. The molecule has 0 amide bonds. The van der Waals surface area contributed by atoms with Gasteiger partial charge in [-0.1, -0.05) is 29.3 Å². The van der Waals surface area contributed by atoms with E-state index < -0.39 is 0 Å². The van der Waals surface area contributed by atoms with Crippen LogP contribution in [0.1, 0.15) is 15.9 Å². The Balaban J connectivity index is 2.41. The van der Waals surface area contributed by atoms with Crippen molar-refractivity contribution >= 4 is 29.0 Å². The summed E-state index contributed by atoms with van der Waals surface area (Å²) in [5.41, 5.74) is 0.844. The molecule has 0 radical (unpaired) electrons. The predicted molar refractivity (Wildman–Crippen MR) is 72.9 cm³/mol. The zero-order chi connectivity index (χ0) is 13.1. The average Bonchev–Trinajstić information content (AvgIpc) is 2.38. The van der Waals surface area contributed by atoms with E-state index in [9.17, 15) is 4.79 Å². The van der Waals surface area contributed by atoms with Crippen LogP contribution in [0.5, 0.6) is 5.75 Å². The van der Waals surface area contributed by atoms with Gasteiger partial charge in [-0.2, -0.15) is 0 Å². The summed E-state index contributed by atoms with van der Waals surface area (Å²) in [7, 11) is 1.57. The van der Waals surface area contributed by atoms with Crippen LogP contribution in [0.15, 0.2) is 42.5 Å². The van der Waals surface area contributed by atoms with Crippen LogP contribution in [-0.4, -0.2) is 12.9 Å². The van der Waals surface area contributed by atoms with E-state index in [4.69, 9.17) is 27.9 Å². The maximum Gasteiger partial charge on any atom is 0.196 e. The number of halogens is 2. The SMILES string of the molecule is COc1ccc(C(=O)c2c(Cl)cccc2Cl)cc1. The lowest BCUT2D eigenvalue weighted by Gasteiger charge is -2.06. The lowest BCUT2D eigenvalue weighted by atomic mass is 10.0. The first-order valence-corrected chi connectivity index (χ1v) is 6.02. The Bertz CT molecular complexity index is 557. The minimum absolute atomic E-state index is 0.201. The van der Waals surface area contributed by atoms with Gasteiger partial charge in [-0.3, -0.25) is 4.79 Å². The standard InChI is InChI=1S/C14H10Cl2O2/c1-18-10-7-5-9(6-8-10)14(17)13-11(15)3-2-4-12(13)16/h2-8H,1H3. The highest BCUT2D eigenvalue weighted by Gasteiger charge is 2.16. The number of ketones is 1. The van der Waals surface area contributed by atoms with Crippen molar-refractivity contribution in [2.75, 3.05) is 7.11 Å².